The summed E-state index contributed by atoms with van der Waals surface area (Å²) in [5.74, 6) is 2.41. The number of allylic oxidation sites excluding steroid dienone is 1. The fourth-order valence-electron chi connectivity index (χ4n) is 2.79. The first-order valence-electron chi connectivity index (χ1n) is 7.97. The average Bonchev–Trinajstić information content (AvgIpc) is 3.04. The van der Waals surface area contributed by atoms with Crippen LogP contribution in [0, 0.1) is 0 Å². The van der Waals surface area contributed by atoms with Crippen molar-refractivity contribution in [2.75, 3.05) is 0 Å². The average molecular weight is 417 g/mol. The van der Waals surface area contributed by atoms with Crippen LogP contribution in [0.1, 0.15) is 17.8 Å². The van der Waals surface area contributed by atoms with E-state index < -0.39 is 0 Å². The number of halogens is 2. The Morgan fingerprint density at radius 3 is 2.76 bits per heavy atom. The third-order valence-corrected chi connectivity index (χ3v) is 4.88. The van der Waals surface area contributed by atoms with Crippen LogP contribution in [-0.4, -0.2) is 14.8 Å². The van der Waals surface area contributed by atoms with Crippen LogP contribution in [-0.2, 0) is 13.0 Å². The normalized spacial score (nSPS) is 13.3. The van der Waals surface area contributed by atoms with Crippen LogP contribution in [0.15, 0.2) is 53.0 Å². The van der Waals surface area contributed by atoms with Gasteiger partial charge >= 0.3 is 0 Å². The summed E-state index contributed by atoms with van der Waals surface area (Å²) in [4.78, 5) is 0. The summed E-state index contributed by atoms with van der Waals surface area (Å²) in [7, 11) is 0. The maximum Gasteiger partial charge on any atom is 0.171 e. The summed E-state index contributed by atoms with van der Waals surface area (Å²) in [5.41, 5.74) is 1.94. The number of ether oxygens (including phenoxy) is 1. The van der Waals surface area contributed by atoms with Crippen molar-refractivity contribution in [2.24, 2.45) is 0 Å². The Hall–Kier alpha value is -2.11. The molecule has 4 rings (SSSR count). The third-order valence-electron chi connectivity index (χ3n) is 4.04. The first-order valence-corrected chi connectivity index (χ1v) is 9.14. The minimum atomic E-state index is 0.482. The van der Waals surface area contributed by atoms with Crippen LogP contribution in [0.5, 0.6) is 5.75 Å². The summed E-state index contributed by atoms with van der Waals surface area (Å²) in [5, 5.41) is 9.31. The monoisotopic (exact) mass is 415 g/mol. The van der Waals surface area contributed by atoms with Crippen LogP contribution in [0.2, 0.25) is 5.02 Å². The molecule has 6 heteroatoms. The van der Waals surface area contributed by atoms with Crippen molar-refractivity contribution in [3.63, 3.8) is 0 Å². The van der Waals surface area contributed by atoms with Gasteiger partial charge in [-0.05, 0) is 30.2 Å². The molecule has 0 bridgehead atoms. The number of nitrogens with zero attached hydrogens (tertiary/aromatic N) is 3. The Morgan fingerprint density at radius 2 is 1.92 bits per heavy atom. The zero-order chi connectivity index (χ0) is 17.2. The molecule has 3 aromatic rings. The molecule has 2 aromatic carbocycles. The van der Waals surface area contributed by atoms with Gasteiger partial charge in [-0.15, -0.1) is 10.2 Å². The number of fused-ring (bicyclic) bond motifs is 1. The fraction of sp³-hybridized carbons (Fsp3) is 0.158. The van der Waals surface area contributed by atoms with E-state index in [0.717, 1.165) is 45.8 Å². The van der Waals surface area contributed by atoms with E-state index in [4.69, 9.17) is 16.3 Å². The molecule has 1 aromatic heterocycles. The Kier molecular flexibility index (Phi) is 4.59. The van der Waals surface area contributed by atoms with Crippen LogP contribution < -0.4 is 4.74 Å². The summed E-state index contributed by atoms with van der Waals surface area (Å²) >= 11 is 9.80. The fourth-order valence-corrected chi connectivity index (χ4v) is 3.36. The lowest BCUT2D eigenvalue weighted by atomic mass is 10.1. The predicted molar refractivity (Wildman–Crippen MR) is 103 cm³/mol. The molecule has 0 N–H and O–H groups in total. The van der Waals surface area contributed by atoms with E-state index in [9.17, 15) is 0 Å². The molecule has 0 aliphatic carbocycles. The quantitative estimate of drug-likeness (QED) is 0.578. The van der Waals surface area contributed by atoms with Gasteiger partial charge < -0.3 is 4.74 Å². The van der Waals surface area contributed by atoms with E-state index in [1.165, 1.54) is 0 Å². The highest BCUT2D eigenvalue weighted by Crippen LogP contribution is 2.34. The highest BCUT2D eigenvalue weighted by molar-refractivity contribution is 9.11. The second kappa shape index (κ2) is 7.02. The SMILES string of the molecule is Clc1ccc(OCc2ccccc2)c(-c2nnc3n2C=C(Br)CC3)c1. The number of hydrogen-bond donors (Lipinski definition) is 0. The molecule has 1 aliphatic rings. The van der Waals surface area contributed by atoms with Gasteiger partial charge in [0.05, 0.1) is 5.56 Å². The molecule has 0 amide bonds. The van der Waals surface area contributed by atoms with Crippen molar-refractivity contribution in [3.05, 3.63) is 69.4 Å². The topological polar surface area (TPSA) is 39.9 Å². The Labute approximate surface area is 159 Å². The van der Waals surface area contributed by atoms with Gasteiger partial charge in [-0.25, -0.2) is 0 Å². The second-order valence-electron chi connectivity index (χ2n) is 5.80. The van der Waals surface area contributed by atoms with Gasteiger partial charge in [0.1, 0.15) is 18.2 Å². The van der Waals surface area contributed by atoms with Crippen molar-refractivity contribution in [2.45, 2.75) is 19.4 Å². The molecular weight excluding hydrogens is 402 g/mol. The maximum atomic E-state index is 6.23. The molecule has 126 valence electrons. The molecule has 0 atom stereocenters. The largest absolute Gasteiger partial charge is 0.488 e. The maximum absolute atomic E-state index is 6.23. The highest BCUT2D eigenvalue weighted by atomic mass is 79.9. The van der Waals surface area contributed by atoms with Crippen LogP contribution in [0.25, 0.3) is 17.6 Å². The number of aryl methyl sites for hydroxylation is 1. The van der Waals surface area contributed by atoms with E-state index in [1.807, 2.05) is 59.3 Å². The Balaban J connectivity index is 1.71. The van der Waals surface area contributed by atoms with Gasteiger partial charge in [-0.1, -0.05) is 57.9 Å². The lowest BCUT2D eigenvalue weighted by Crippen LogP contribution is -2.05. The summed E-state index contributed by atoms with van der Waals surface area (Å²) in [6, 6.07) is 15.6. The van der Waals surface area contributed by atoms with Crippen molar-refractivity contribution in [3.8, 4) is 17.1 Å². The summed E-state index contributed by atoms with van der Waals surface area (Å²) in [6.45, 7) is 0.482. The zero-order valence-corrected chi connectivity index (χ0v) is 15.7. The van der Waals surface area contributed by atoms with Gasteiger partial charge in [0.2, 0.25) is 0 Å². The number of aromatic nitrogens is 3. The molecule has 0 saturated carbocycles. The van der Waals surface area contributed by atoms with E-state index in [1.54, 1.807) is 0 Å². The molecule has 2 heterocycles. The number of hydrogen-bond acceptors (Lipinski definition) is 3. The van der Waals surface area contributed by atoms with Gasteiger partial charge in [0, 0.05) is 22.1 Å². The van der Waals surface area contributed by atoms with Crippen LogP contribution in [0.3, 0.4) is 0 Å². The van der Waals surface area contributed by atoms with Gasteiger partial charge in [0.25, 0.3) is 0 Å². The third kappa shape index (κ3) is 3.48. The first-order chi connectivity index (χ1) is 12.2. The van der Waals surface area contributed by atoms with Crippen molar-refractivity contribution in [1.82, 2.24) is 14.8 Å². The molecular formula is C19H15BrClN3O. The van der Waals surface area contributed by atoms with E-state index in [0.29, 0.717) is 11.6 Å². The minimum absolute atomic E-state index is 0.482. The molecule has 0 radical (unpaired) electrons. The van der Waals surface area contributed by atoms with Gasteiger partial charge in [0.15, 0.2) is 5.82 Å². The summed E-state index contributed by atoms with van der Waals surface area (Å²) < 4.78 is 9.16. The first kappa shape index (κ1) is 16.4. The summed E-state index contributed by atoms with van der Waals surface area (Å²) in [6.07, 6.45) is 3.80. The Bertz CT molecular complexity index is 937. The second-order valence-corrected chi connectivity index (χ2v) is 7.26. The standard InChI is InChI=1S/C19H15BrClN3O/c20-14-6-9-18-22-23-19(24(18)11-14)16-10-15(21)7-8-17(16)25-12-13-4-2-1-3-5-13/h1-5,7-8,10-11H,6,9,12H2. The number of rotatable bonds is 4. The predicted octanol–water partition coefficient (Wildman–Crippen LogP) is 5.32. The highest BCUT2D eigenvalue weighted by Gasteiger charge is 2.20. The molecule has 0 fully saturated rings. The molecule has 25 heavy (non-hydrogen) atoms. The van der Waals surface area contributed by atoms with Gasteiger partial charge in [-0.3, -0.25) is 4.57 Å². The lowest BCUT2D eigenvalue weighted by Gasteiger charge is -2.14. The van der Waals surface area contributed by atoms with Gasteiger partial charge in [-0.2, -0.15) is 0 Å². The minimum Gasteiger partial charge on any atom is -0.488 e. The van der Waals surface area contributed by atoms with Crippen molar-refractivity contribution in [1.29, 1.82) is 0 Å². The molecule has 0 saturated heterocycles. The molecule has 0 spiro atoms. The van der Waals surface area contributed by atoms with Crippen LogP contribution in [0.4, 0.5) is 0 Å². The van der Waals surface area contributed by atoms with Crippen molar-refractivity contribution >= 4 is 33.7 Å². The van der Waals surface area contributed by atoms with E-state index in [-0.39, 0.29) is 0 Å². The molecule has 4 nitrogen and oxygen atoms in total. The lowest BCUT2D eigenvalue weighted by molar-refractivity contribution is 0.307. The smallest absolute Gasteiger partial charge is 0.171 e. The zero-order valence-electron chi connectivity index (χ0n) is 13.3. The van der Waals surface area contributed by atoms with E-state index in [2.05, 4.69) is 26.1 Å². The van der Waals surface area contributed by atoms with Crippen LogP contribution >= 0.6 is 27.5 Å². The van der Waals surface area contributed by atoms with Crippen molar-refractivity contribution < 1.29 is 4.74 Å². The molecule has 0 unspecified atom stereocenters. The Morgan fingerprint density at radius 1 is 1.08 bits per heavy atom. The molecule has 1 aliphatic heterocycles. The number of benzene rings is 2. The van der Waals surface area contributed by atoms with E-state index >= 15 is 0 Å².